The van der Waals surface area contributed by atoms with Crippen LogP contribution in [0.3, 0.4) is 0 Å². The highest BCUT2D eigenvalue weighted by molar-refractivity contribution is 5.90. The molecule has 3 aromatic rings. The van der Waals surface area contributed by atoms with Crippen molar-refractivity contribution in [1.82, 2.24) is 14.9 Å². The first-order valence-electron chi connectivity index (χ1n) is 10.8. The highest BCUT2D eigenvalue weighted by Gasteiger charge is 2.50. The summed E-state index contributed by atoms with van der Waals surface area (Å²) in [5.41, 5.74) is 0.553. The standard InChI is InChI=1S/C23H23F3N4O2/c24-23(25,26)19-11-15-16(28-19)5-8-27-21(15)29-20-14-3-1-2-4-18(14)31-12-17(20)30-9-10-32-22(13-30)6-7-22/h1-5,8,11,17,20,28H,6-7,9-10,12-13H2,(H,27,29)/t17?,20-/m0/s1. The Morgan fingerprint density at radius 1 is 1.19 bits per heavy atom. The van der Waals surface area contributed by atoms with E-state index in [1.165, 1.54) is 6.20 Å². The number of benzene rings is 1. The molecule has 2 aromatic heterocycles. The van der Waals surface area contributed by atoms with Crippen molar-refractivity contribution in [2.75, 3.05) is 31.6 Å². The van der Waals surface area contributed by atoms with Gasteiger partial charge in [-0.2, -0.15) is 13.2 Å². The van der Waals surface area contributed by atoms with Gasteiger partial charge in [-0.1, -0.05) is 18.2 Å². The maximum Gasteiger partial charge on any atom is 0.431 e. The van der Waals surface area contributed by atoms with Crippen molar-refractivity contribution in [2.45, 2.75) is 36.7 Å². The van der Waals surface area contributed by atoms with E-state index < -0.39 is 11.9 Å². The van der Waals surface area contributed by atoms with E-state index in [0.29, 0.717) is 29.9 Å². The third-order valence-corrected chi connectivity index (χ3v) is 6.75. The smallest absolute Gasteiger partial charge is 0.431 e. The molecule has 1 unspecified atom stereocenters. The number of alkyl halides is 3. The van der Waals surface area contributed by atoms with Crippen molar-refractivity contribution in [1.29, 1.82) is 0 Å². The van der Waals surface area contributed by atoms with Gasteiger partial charge < -0.3 is 19.8 Å². The zero-order valence-corrected chi connectivity index (χ0v) is 17.3. The molecule has 1 saturated carbocycles. The largest absolute Gasteiger partial charge is 0.491 e. The molecule has 0 radical (unpaired) electrons. The molecular weight excluding hydrogens is 421 g/mol. The van der Waals surface area contributed by atoms with E-state index in [4.69, 9.17) is 9.47 Å². The number of morpholine rings is 1. The lowest BCUT2D eigenvalue weighted by Gasteiger charge is -2.44. The summed E-state index contributed by atoms with van der Waals surface area (Å²) >= 11 is 0. The molecule has 0 bridgehead atoms. The molecule has 0 amide bonds. The molecule has 1 aromatic carbocycles. The number of ether oxygens (including phenoxy) is 2. The molecule has 9 heteroatoms. The van der Waals surface area contributed by atoms with E-state index in [9.17, 15) is 13.2 Å². The summed E-state index contributed by atoms with van der Waals surface area (Å²) in [7, 11) is 0. The van der Waals surface area contributed by atoms with E-state index in [2.05, 4.69) is 20.2 Å². The van der Waals surface area contributed by atoms with Gasteiger partial charge in [0.15, 0.2) is 0 Å². The summed E-state index contributed by atoms with van der Waals surface area (Å²) in [6, 6.07) is 10.3. The lowest BCUT2D eigenvalue weighted by Crippen LogP contribution is -2.55. The molecule has 6 nitrogen and oxygen atoms in total. The first kappa shape index (κ1) is 19.9. The predicted molar refractivity (Wildman–Crippen MR) is 113 cm³/mol. The molecular formula is C23H23F3N4O2. The van der Waals surface area contributed by atoms with E-state index in [-0.39, 0.29) is 17.7 Å². The van der Waals surface area contributed by atoms with E-state index >= 15 is 0 Å². The molecule has 2 atom stereocenters. The van der Waals surface area contributed by atoms with Crippen LogP contribution >= 0.6 is 0 Å². The number of hydrogen-bond acceptors (Lipinski definition) is 5. The van der Waals surface area contributed by atoms with Gasteiger partial charge in [0, 0.05) is 30.2 Å². The first-order valence-corrected chi connectivity index (χ1v) is 10.8. The fourth-order valence-electron chi connectivity index (χ4n) is 4.91. The predicted octanol–water partition coefficient (Wildman–Crippen LogP) is 4.36. The minimum Gasteiger partial charge on any atom is -0.491 e. The average Bonchev–Trinajstić information content (AvgIpc) is 3.35. The summed E-state index contributed by atoms with van der Waals surface area (Å²) in [6.45, 7) is 2.78. The van der Waals surface area contributed by atoms with Crippen LogP contribution in [0.4, 0.5) is 19.0 Å². The summed E-state index contributed by atoms with van der Waals surface area (Å²) < 4.78 is 51.9. The van der Waals surface area contributed by atoms with Crippen molar-refractivity contribution in [2.24, 2.45) is 0 Å². The summed E-state index contributed by atoms with van der Waals surface area (Å²) in [4.78, 5) is 9.27. The third-order valence-electron chi connectivity index (χ3n) is 6.75. The molecule has 1 spiro atoms. The number of anilines is 1. The molecule has 4 heterocycles. The maximum absolute atomic E-state index is 13.3. The number of nitrogens with one attached hydrogen (secondary N) is 2. The van der Waals surface area contributed by atoms with Gasteiger partial charge in [0.1, 0.15) is 23.9 Å². The van der Waals surface area contributed by atoms with Gasteiger partial charge >= 0.3 is 6.18 Å². The zero-order chi connectivity index (χ0) is 21.9. The number of hydrogen-bond donors (Lipinski definition) is 2. The molecule has 1 aliphatic carbocycles. The second-order valence-electron chi connectivity index (χ2n) is 8.84. The second-order valence-corrected chi connectivity index (χ2v) is 8.84. The number of nitrogens with zero attached hydrogens (tertiary/aromatic N) is 2. The van der Waals surface area contributed by atoms with Crippen LogP contribution in [0.2, 0.25) is 0 Å². The molecule has 2 N–H and O–H groups in total. The van der Waals surface area contributed by atoms with E-state index in [1.807, 2.05) is 24.3 Å². The molecule has 2 aliphatic heterocycles. The fraction of sp³-hybridized carbons (Fsp3) is 0.435. The van der Waals surface area contributed by atoms with Crippen LogP contribution in [0, 0.1) is 0 Å². The lowest BCUT2D eigenvalue weighted by atomic mass is 9.94. The molecule has 3 aliphatic rings. The molecule has 168 valence electrons. The highest BCUT2D eigenvalue weighted by atomic mass is 19.4. The summed E-state index contributed by atoms with van der Waals surface area (Å²) in [6.07, 6.45) is -0.793. The maximum atomic E-state index is 13.3. The number of rotatable bonds is 3. The van der Waals surface area contributed by atoms with Crippen LogP contribution in [0.25, 0.3) is 10.9 Å². The monoisotopic (exact) mass is 444 g/mol. The normalized spacial score (nSPS) is 24.8. The molecule has 32 heavy (non-hydrogen) atoms. The Balaban J connectivity index is 1.38. The van der Waals surface area contributed by atoms with Crippen LogP contribution in [-0.4, -0.2) is 52.8 Å². The van der Waals surface area contributed by atoms with Crippen LogP contribution in [0.1, 0.15) is 30.1 Å². The number of H-pyrrole nitrogens is 1. The topological polar surface area (TPSA) is 62.4 Å². The fourth-order valence-corrected chi connectivity index (χ4v) is 4.91. The number of halogens is 3. The van der Waals surface area contributed by atoms with Gasteiger partial charge in [0.05, 0.1) is 29.8 Å². The Bertz CT molecular complexity index is 1160. The van der Waals surface area contributed by atoms with Gasteiger partial charge in [0.25, 0.3) is 0 Å². The van der Waals surface area contributed by atoms with Crippen molar-refractivity contribution >= 4 is 16.7 Å². The van der Waals surface area contributed by atoms with Crippen LogP contribution in [0.15, 0.2) is 42.6 Å². The van der Waals surface area contributed by atoms with Crippen LogP contribution in [-0.2, 0) is 10.9 Å². The minimum absolute atomic E-state index is 0.00404. The van der Waals surface area contributed by atoms with Gasteiger partial charge in [0.2, 0.25) is 0 Å². The Morgan fingerprint density at radius 3 is 2.84 bits per heavy atom. The van der Waals surface area contributed by atoms with Gasteiger partial charge in [-0.3, -0.25) is 4.90 Å². The lowest BCUT2D eigenvalue weighted by molar-refractivity contribution is -0.140. The Morgan fingerprint density at radius 2 is 2.03 bits per heavy atom. The SMILES string of the molecule is FC(F)(F)c1cc2c(N[C@H]3c4ccccc4OCC3N3CCOC4(CC4)C3)nccc2[nH]1. The van der Waals surface area contributed by atoms with Crippen molar-refractivity contribution < 1.29 is 22.6 Å². The number of aromatic nitrogens is 2. The second kappa shape index (κ2) is 7.11. The number of fused-ring (bicyclic) bond motifs is 2. The van der Waals surface area contributed by atoms with Crippen molar-refractivity contribution in [3.8, 4) is 5.75 Å². The number of pyridine rings is 1. The Hall–Kier alpha value is -2.78. The summed E-state index contributed by atoms with van der Waals surface area (Å²) in [5, 5.41) is 3.90. The van der Waals surface area contributed by atoms with Crippen molar-refractivity contribution in [3.63, 3.8) is 0 Å². The number of aromatic amines is 1. The van der Waals surface area contributed by atoms with E-state index in [1.54, 1.807) is 6.07 Å². The van der Waals surface area contributed by atoms with Crippen molar-refractivity contribution in [3.05, 3.63) is 53.9 Å². The average molecular weight is 444 g/mol. The summed E-state index contributed by atoms with van der Waals surface area (Å²) in [5.74, 6) is 1.21. The molecule has 2 fully saturated rings. The van der Waals surface area contributed by atoms with E-state index in [0.717, 1.165) is 43.3 Å². The van der Waals surface area contributed by atoms with Gasteiger partial charge in [-0.05, 0) is 31.0 Å². The zero-order valence-electron chi connectivity index (χ0n) is 17.3. The van der Waals surface area contributed by atoms with Gasteiger partial charge in [-0.15, -0.1) is 0 Å². The molecule has 6 rings (SSSR count). The Labute approximate surface area is 182 Å². The van der Waals surface area contributed by atoms with Gasteiger partial charge in [-0.25, -0.2) is 4.98 Å². The first-order chi connectivity index (χ1) is 15.4. The quantitative estimate of drug-likeness (QED) is 0.629. The van der Waals surface area contributed by atoms with Crippen LogP contribution in [0.5, 0.6) is 5.75 Å². The highest BCUT2D eigenvalue weighted by Crippen LogP contribution is 2.45. The van der Waals surface area contributed by atoms with Crippen LogP contribution < -0.4 is 10.1 Å². The third kappa shape index (κ3) is 3.40. The minimum atomic E-state index is -4.45. The Kier molecular flexibility index (Phi) is 4.42. The number of para-hydroxylation sites is 1. The molecule has 1 saturated heterocycles.